The number of likely N-dealkylation sites (tertiary alicyclic amines) is 1. The minimum Gasteiger partial charge on any atom is -0.379 e. The van der Waals surface area contributed by atoms with Crippen LogP contribution >= 0.6 is 0 Å². The molecule has 0 bridgehead atoms. The van der Waals surface area contributed by atoms with E-state index in [1.165, 1.54) is 31.2 Å². The smallest absolute Gasteiger partial charge is 0.256 e. The van der Waals surface area contributed by atoms with E-state index in [2.05, 4.69) is 34.9 Å². The van der Waals surface area contributed by atoms with Crippen molar-refractivity contribution in [1.82, 2.24) is 14.7 Å². The third kappa shape index (κ3) is 4.42. The lowest BCUT2D eigenvalue weighted by molar-refractivity contribution is -0.160. The fourth-order valence-electron chi connectivity index (χ4n) is 5.32. The summed E-state index contributed by atoms with van der Waals surface area (Å²) in [5.74, 6) is -0.0847. The van der Waals surface area contributed by atoms with Crippen LogP contribution in [0.25, 0.3) is 0 Å². The Morgan fingerprint density at radius 3 is 2.54 bits per heavy atom. The molecule has 3 fully saturated rings. The normalized spacial score (nSPS) is 28.2. The van der Waals surface area contributed by atoms with E-state index in [9.17, 15) is 9.90 Å². The van der Waals surface area contributed by atoms with E-state index in [1.54, 1.807) is 0 Å². The molecule has 154 valence electrons. The third-order valence-corrected chi connectivity index (χ3v) is 6.89. The van der Waals surface area contributed by atoms with E-state index >= 15 is 0 Å². The molecule has 2 saturated heterocycles. The van der Waals surface area contributed by atoms with E-state index in [4.69, 9.17) is 0 Å². The van der Waals surface area contributed by atoms with Gasteiger partial charge in [0.05, 0.1) is 0 Å². The van der Waals surface area contributed by atoms with Gasteiger partial charge in [0.2, 0.25) is 0 Å². The Kier molecular flexibility index (Phi) is 6.04. The summed E-state index contributed by atoms with van der Waals surface area (Å²) < 4.78 is 0. The number of benzene rings is 1. The molecule has 5 nitrogen and oxygen atoms in total. The van der Waals surface area contributed by atoms with Gasteiger partial charge in [0.1, 0.15) is 0 Å². The number of aryl methyl sites for hydroxylation is 1. The molecule has 1 aromatic carbocycles. The van der Waals surface area contributed by atoms with Gasteiger partial charge in [-0.05, 0) is 38.2 Å². The van der Waals surface area contributed by atoms with Gasteiger partial charge in [-0.1, -0.05) is 42.7 Å². The van der Waals surface area contributed by atoms with Crippen molar-refractivity contribution in [1.29, 1.82) is 0 Å². The van der Waals surface area contributed by atoms with Gasteiger partial charge in [-0.2, -0.15) is 0 Å². The highest BCUT2D eigenvalue weighted by molar-refractivity contribution is 5.86. The number of amides is 1. The van der Waals surface area contributed by atoms with Crippen LogP contribution in [0.3, 0.4) is 0 Å². The molecule has 1 atom stereocenters. The lowest BCUT2D eigenvalue weighted by Gasteiger charge is -2.44. The number of β-amino-alcohol motifs (C(OH)–C–C–N with tert-alkyl or cyclic N) is 1. The number of aliphatic hydroxyl groups is 1. The Morgan fingerprint density at radius 1 is 1.07 bits per heavy atom. The first-order valence-electron chi connectivity index (χ1n) is 11.1. The number of rotatable bonds is 5. The average molecular weight is 386 g/mol. The molecule has 2 heterocycles. The van der Waals surface area contributed by atoms with Crippen LogP contribution in [0.15, 0.2) is 24.3 Å². The molecule has 0 spiro atoms. The number of carbonyl (C=O) groups is 1. The molecule has 4 rings (SSSR count). The number of nitrogens with zero attached hydrogens (tertiary/aromatic N) is 3. The Hall–Kier alpha value is -1.43. The van der Waals surface area contributed by atoms with E-state index in [1.807, 2.05) is 11.0 Å². The summed E-state index contributed by atoms with van der Waals surface area (Å²) in [5, 5.41) is 11.2. The van der Waals surface area contributed by atoms with Gasteiger partial charge in [0.15, 0.2) is 5.60 Å². The molecule has 1 N–H and O–H groups in total. The number of piperidine rings is 1. The van der Waals surface area contributed by atoms with Gasteiger partial charge in [-0.3, -0.25) is 14.6 Å². The van der Waals surface area contributed by atoms with Gasteiger partial charge >= 0.3 is 0 Å². The molecule has 3 aliphatic rings. The molecule has 1 aliphatic carbocycles. The minimum absolute atomic E-state index is 0.0847. The van der Waals surface area contributed by atoms with Crippen molar-refractivity contribution in [2.24, 2.45) is 0 Å². The molecule has 1 saturated carbocycles. The van der Waals surface area contributed by atoms with Crippen molar-refractivity contribution >= 4 is 5.91 Å². The van der Waals surface area contributed by atoms with Crippen molar-refractivity contribution in [2.75, 3.05) is 39.3 Å². The predicted molar refractivity (Wildman–Crippen MR) is 111 cm³/mol. The monoisotopic (exact) mass is 385 g/mol. The summed E-state index contributed by atoms with van der Waals surface area (Å²) in [6, 6.07) is 9.07. The first-order valence-corrected chi connectivity index (χ1v) is 11.1. The topological polar surface area (TPSA) is 47.0 Å². The quantitative estimate of drug-likeness (QED) is 0.846. The maximum absolute atomic E-state index is 13.1. The molecule has 1 amide bonds. The minimum atomic E-state index is -1.22. The fraction of sp³-hybridized carbons (Fsp3) is 0.696. The molecule has 0 radical (unpaired) electrons. The van der Waals surface area contributed by atoms with E-state index in [-0.39, 0.29) is 5.91 Å². The Labute approximate surface area is 169 Å². The van der Waals surface area contributed by atoms with Gasteiger partial charge in [-0.25, -0.2) is 0 Å². The zero-order chi connectivity index (χ0) is 19.6. The maximum atomic E-state index is 13.1. The van der Waals surface area contributed by atoms with Crippen molar-refractivity contribution in [2.45, 2.75) is 63.6 Å². The van der Waals surface area contributed by atoms with Crippen molar-refractivity contribution in [3.8, 4) is 0 Å². The van der Waals surface area contributed by atoms with Crippen LogP contribution in [0.1, 0.15) is 49.7 Å². The number of piperazine rings is 1. The van der Waals surface area contributed by atoms with E-state index < -0.39 is 5.60 Å². The first kappa shape index (κ1) is 19.9. The van der Waals surface area contributed by atoms with Crippen molar-refractivity contribution in [3.05, 3.63) is 35.4 Å². The number of hydrogen-bond acceptors (Lipinski definition) is 4. The van der Waals surface area contributed by atoms with Crippen molar-refractivity contribution in [3.63, 3.8) is 0 Å². The summed E-state index contributed by atoms with van der Waals surface area (Å²) in [5.41, 5.74) is 1.12. The van der Waals surface area contributed by atoms with Crippen molar-refractivity contribution < 1.29 is 9.90 Å². The van der Waals surface area contributed by atoms with Gasteiger partial charge in [-0.15, -0.1) is 0 Å². The van der Waals surface area contributed by atoms with E-state index in [0.717, 1.165) is 50.7 Å². The van der Waals surface area contributed by atoms with Crippen LogP contribution in [-0.2, 0) is 11.3 Å². The molecule has 28 heavy (non-hydrogen) atoms. The molecule has 0 unspecified atom stereocenters. The van der Waals surface area contributed by atoms with Crippen LogP contribution in [0.4, 0.5) is 0 Å². The second-order valence-electron chi connectivity index (χ2n) is 9.10. The van der Waals surface area contributed by atoms with Gasteiger partial charge in [0.25, 0.3) is 5.91 Å². The summed E-state index contributed by atoms with van der Waals surface area (Å²) in [7, 11) is 0. The molecular formula is C23H35N3O2. The van der Waals surface area contributed by atoms with E-state index in [0.29, 0.717) is 19.5 Å². The lowest BCUT2D eigenvalue weighted by Crippen LogP contribution is -2.60. The molecule has 5 heteroatoms. The van der Waals surface area contributed by atoms with Crippen LogP contribution in [0, 0.1) is 6.92 Å². The number of hydrogen-bond donors (Lipinski definition) is 1. The predicted octanol–water partition coefficient (Wildman–Crippen LogP) is 2.41. The summed E-state index contributed by atoms with van der Waals surface area (Å²) in [6.45, 7) is 7.96. The fourth-order valence-corrected chi connectivity index (χ4v) is 5.32. The largest absolute Gasteiger partial charge is 0.379 e. The standard InChI is InChI=1S/C23H35N3O2/c1-19-6-4-7-20(16-19)17-26-11-5-10-23(28,22(26)27)18-24-12-14-25(15-13-24)21-8-2-3-9-21/h4,6-7,16,21,28H,2-3,5,8-15,17-18H2,1H3/t23-/m1/s1. The second-order valence-corrected chi connectivity index (χ2v) is 9.10. The average Bonchev–Trinajstić information content (AvgIpc) is 3.21. The summed E-state index contributed by atoms with van der Waals surface area (Å²) in [6.07, 6.45) is 6.88. The zero-order valence-electron chi connectivity index (χ0n) is 17.3. The Balaban J connectivity index is 1.33. The Morgan fingerprint density at radius 2 is 1.82 bits per heavy atom. The summed E-state index contributed by atoms with van der Waals surface area (Å²) in [4.78, 5) is 19.9. The second kappa shape index (κ2) is 8.52. The lowest BCUT2D eigenvalue weighted by atomic mass is 9.90. The molecular weight excluding hydrogens is 350 g/mol. The highest BCUT2D eigenvalue weighted by Gasteiger charge is 2.43. The molecule has 2 aliphatic heterocycles. The van der Waals surface area contributed by atoms with Crippen LogP contribution < -0.4 is 0 Å². The van der Waals surface area contributed by atoms with Crippen LogP contribution in [-0.4, -0.2) is 76.6 Å². The Bertz CT molecular complexity index is 680. The maximum Gasteiger partial charge on any atom is 0.256 e. The highest BCUT2D eigenvalue weighted by Crippen LogP contribution is 2.28. The SMILES string of the molecule is Cc1cccc(CN2CCC[C@@](O)(CN3CCN(C4CCCC4)CC3)C2=O)c1. The van der Waals surface area contributed by atoms with Gasteiger partial charge in [0, 0.05) is 51.9 Å². The van der Waals surface area contributed by atoms with Gasteiger partial charge < -0.3 is 10.0 Å². The van der Waals surface area contributed by atoms with Crippen LogP contribution in [0.5, 0.6) is 0 Å². The highest BCUT2D eigenvalue weighted by atomic mass is 16.3. The molecule has 1 aromatic rings. The van der Waals surface area contributed by atoms with Crippen LogP contribution in [0.2, 0.25) is 0 Å². The third-order valence-electron chi connectivity index (χ3n) is 6.89. The summed E-state index contributed by atoms with van der Waals surface area (Å²) >= 11 is 0. The molecule has 0 aromatic heterocycles. The zero-order valence-corrected chi connectivity index (χ0v) is 17.3. The number of carbonyl (C=O) groups excluding carboxylic acids is 1. The first-order chi connectivity index (χ1) is 13.5.